The van der Waals surface area contributed by atoms with Gasteiger partial charge >= 0.3 is 5.97 Å². The number of carbonyl (C=O) groups is 1. The molecule has 2 rings (SSSR count). The molecule has 3 nitrogen and oxygen atoms in total. The van der Waals surface area contributed by atoms with Crippen LogP contribution in [0.1, 0.15) is 5.56 Å². The zero-order valence-corrected chi connectivity index (χ0v) is 13.8. The van der Waals surface area contributed by atoms with Crippen molar-refractivity contribution in [3.8, 4) is 0 Å². The lowest BCUT2D eigenvalue weighted by Gasteiger charge is -2.14. The molecule has 0 amide bonds. The van der Waals surface area contributed by atoms with Crippen LogP contribution in [0, 0.1) is 3.57 Å². The van der Waals surface area contributed by atoms with Gasteiger partial charge in [-0.05, 0) is 46.4 Å². The first-order chi connectivity index (χ1) is 9.47. The van der Waals surface area contributed by atoms with E-state index >= 15 is 0 Å². The van der Waals surface area contributed by atoms with Gasteiger partial charge in [0.1, 0.15) is 0 Å². The molecule has 0 aromatic heterocycles. The summed E-state index contributed by atoms with van der Waals surface area (Å²) in [6.45, 7) is 0. The standard InChI is InChI=1S/C14H10Cl2INO2/c15-10-6-9(17)7-11(16)14(10)18-12-4-2-1-3-8(12)5-13(19)20/h1-4,6-7,18H,5H2,(H,19,20). The lowest BCUT2D eigenvalue weighted by molar-refractivity contribution is -0.136. The second-order valence-electron chi connectivity index (χ2n) is 4.10. The van der Waals surface area contributed by atoms with Crippen LogP contribution in [0.3, 0.4) is 0 Å². The molecule has 20 heavy (non-hydrogen) atoms. The predicted octanol–water partition coefficient (Wildman–Crippen LogP) is 4.97. The molecule has 6 heteroatoms. The third kappa shape index (κ3) is 3.77. The second-order valence-corrected chi connectivity index (χ2v) is 6.16. The molecule has 2 N–H and O–H groups in total. The summed E-state index contributed by atoms with van der Waals surface area (Å²) in [5.74, 6) is -0.890. The first-order valence-electron chi connectivity index (χ1n) is 5.68. The molecular formula is C14H10Cl2INO2. The minimum Gasteiger partial charge on any atom is -0.481 e. The van der Waals surface area contributed by atoms with Crippen LogP contribution in [0.5, 0.6) is 0 Å². The van der Waals surface area contributed by atoms with Crippen LogP contribution in [0.2, 0.25) is 10.0 Å². The summed E-state index contributed by atoms with van der Waals surface area (Å²) >= 11 is 14.5. The Bertz CT molecular complexity index is 638. The predicted molar refractivity (Wildman–Crippen MR) is 90.2 cm³/mol. The maximum Gasteiger partial charge on any atom is 0.307 e. The molecule has 0 spiro atoms. The van der Waals surface area contributed by atoms with Crippen LogP contribution < -0.4 is 5.32 Å². The monoisotopic (exact) mass is 421 g/mol. The smallest absolute Gasteiger partial charge is 0.307 e. The molecule has 0 unspecified atom stereocenters. The number of aliphatic carboxylic acids is 1. The van der Waals surface area contributed by atoms with Crippen LogP contribution in [0.15, 0.2) is 36.4 Å². The summed E-state index contributed by atoms with van der Waals surface area (Å²) in [6.07, 6.45) is -0.0667. The fraction of sp³-hybridized carbons (Fsp3) is 0.0714. The minimum atomic E-state index is -0.890. The molecule has 0 saturated carbocycles. The summed E-state index contributed by atoms with van der Waals surface area (Å²) in [4.78, 5) is 10.9. The van der Waals surface area contributed by atoms with Crippen molar-refractivity contribution in [2.45, 2.75) is 6.42 Å². The molecule has 2 aromatic rings. The van der Waals surface area contributed by atoms with Gasteiger partial charge in [-0.15, -0.1) is 0 Å². The van der Waals surface area contributed by atoms with Gasteiger partial charge in [-0.25, -0.2) is 0 Å². The van der Waals surface area contributed by atoms with Crippen molar-refractivity contribution in [1.82, 2.24) is 0 Å². The number of anilines is 2. The van der Waals surface area contributed by atoms with E-state index in [-0.39, 0.29) is 6.42 Å². The Morgan fingerprint density at radius 2 is 1.80 bits per heavy atom. The lowest BCUT2D eigenvalue weighted by Crippen LogP contribution is -2.04. The first-order valence-corrected chi connectivity index (χ1v) is 7.52. The SMILES string of the molecule is O=C(O)Cc1ccccc1Nc1c(Cl)cc(I)cc1Cl. The van der Waals surface area contributed by atoms with E-state index in [1.165, 1.54) is 0 Å². The van der Waals surface area contributed by atoms with Crippen molar-refractivity contribution in [1.29, 1.82) is 0 Å². The van der Waals surface area contributed by atoms with Crippen LogP contribution in [-0.4, -0.2) is 11.1 Å². The highest BCUT2D eigenvalue weighted by Crippen LogP contribution is 2.35. The highest BCUT2D eigenvalue weighted by atomic mass is 127. The third-order valence-electron chi connectivity index (χ3n) is 2.63. The molecule has 0 radical (unpaired) electrons. The highest BCUT2D eigenvalue weighted by Gasteiger charge is 2.11. The van der Waals surface area contributed by atoms with Gasteiger partial charge in [0, 0.05) is 9.26 Å². The Morgan fingerprint density at radius 1 is 1.20 bits per heavy atom. The number of carboxylic acid groups (broad SMARTS) is 1. The fourth-order valence-electron chi connectivity index (χ4n) is 1.76. The number of nitrogens with one attached hydrogen (secondary N) is 1. The van der Waals surface area contributed by atoms with E-state index in [0.717, 1.165) is 3.57 Å². The molecule has 0 heterocycles. The van der Waals surface area contributed by atoms with Gasteiger partial charge in [0.15, 0.2) is 0 Å². The van der Waals surface area contributed by atoms with Crippen molar-refractivity contribution >= 4 is 63.1 Å². The Balaban J connectivity index is 2.38. The van der Waals surface area contributed by atoms with Crippen LogP contribution in [-0.2, 0) is 11.2 Å². The van der Waals surface area contributed by atoms with Crippen LogP contribution >= 0.6 is 45.8 Å². The number of hydrogen-bond acceptors (Lipinski definition) is 2. The van der Waals surface area contributed by atoms with Crippen molar-refractivity contribution in [3.05, 3.63) is 55.6 Å². The molecule has 0 atom stereocenters. The van der Waals surface area contributed by atoms with E-state index in [2.05, 4.69) is 27.9 Å². The average molecular weight is 422 g/mol. The molecule has 104 valence electrons. The van der Waals surface area contributed by atoms with Gasteiger partial charge < -0.3 is 10.4 Å². The number of hydrogen-bond donors (Lipinski definition) is 2. The van der Waals surface area contributed by atoms with Gasteiger partial charge in [-0.2, -0.15) is 0 Å². The summed E-state index contributed by atoms with van der Waals surface area (Å²) in [5.41, 5.74) is 1.93. The summed E-state index contributed by atoms with van der Waals surface area (Å²) in [7, 11) is 0. The number of carboxylic acids is 1. The summed E-state index contributed by atoms with van der Waals surface area (Å²) in [6, 6.07) is 10.7. The molecule has 0 saturated heterocycles. The Labute approximate surface area is 140 Å². The number of rotatable bonds is 4. The number of para-hydroxylation sites is 1. The lowest BCUT2D eigenvalue weighted by atomic mass is 10.1. The van der Waals surface area contributed by atoms with E-state index in [9.17, 15) is 4.79 Å². The fourth-order valence-corrected chi connectivity index (χ4v) is 3.33. The second kappa shape index (κ2) is 6.65. The van der Waals surface area contributed by atoms with Crippen LogP contribution in [0.4, 0.5) is 11.4 Å². The Morgan fingerprint density at radius 3 is 2.40 bits per heavy atom. The van der Waals surface area contributed by atoms with Crippen molar-refractivity contribution in [2.75, 3.05) is 5.32 Å². The number of benzene rings is 2. The zero-order valence-electron chi connectivity index (χ0n) is 10.2. The maximum atomic E-state index is 10.9. The third-order valence-corrected chi connectivity index (χ3v) is 3.84. The van der Waals surface area contributed by atoms with E-state index in [0.29, 0.717) is 27.0 Å². The van der Waals surface area contributed by atoms with E-state index in [1.807, 2.05) is 6.07 Å². The summed E-state index contributed by atoms with van der Waals surface area (Å²) in [5, 5.41) is 13.0. The van der Waals surface area contributed by atoms with Gasteiger partial charge in [0.25, 0.3) is 0 Å². The average Bonchev–Trinajstić information content (AvgIpc) is 2.34. The van der Waals surface area contributed by atoms with Crippen molar-refractivity contribution < 1.29 is 9.90 Å². The first kappa shape index (κ1) is 15.4. The quantitative estimate of drug-likeness (QED) is 0.685. The molecule has 0 aliphatic rings. The van der Waals surface area contributed by atoms with Gasteiger partial charge in [-0.1, -0.05) is 41.4 Å². The van der Waals surface area contributed by atoms with Gasteiger partial charge in [0.05, 0.1) is 22.2 Å². The zero-order chi connectivity index (χ0) is 14.7. The topological polar surface area (TPSA) is 49.3 Å². The normalized spacial score (nSPS) is 10.3. The Kier molecular flexibility index (Phi) is 5.12. The maximum absolute atomic E-state index is 10.9. The van der Waals surface area contributed by atoms with E-state index in [1.54, 1.807) is 30.3 Å². The molecule has 0 fully saturated rings. The van der Waals surface area contributed by atoms with Crippen LogP contribution in [0.25, 0.3) is 0 Å². The van der Waals surface area contributed by atoms with Crippen molar-refractivity contribution in [2.24, 2.45) is 0 Å². The Hall–Kier alpha value is -0.980. The molecule has 0 aliphatic carbocycles. The van der Waals surface area contributed by atoms with Gasteiger partial charge in [-0.3, -0.25) is 4.79 Å². The van der Waals surface area contributed by atoms with E-state index < -0.39 is 5.97 Å². The van der Waals surface area contributed by atoms with Gasteiger partial charge in [0.2, 0.25) is 0 Å². The van der Waals surface area contributed by atoms with Crippen molar-refractivity contribution in [3.63, 3.8) is 0 Å². The molecule has 2 aromatic carbocycles. The van der Waals surface area contributed by atoms with E-state index in [4.69, 9.17) is 28.3 Å². The molecular weight excluding hydrogens is 412 g/mol. The summed E-state index contributed by atoms with van der Waals surface area (Å²) < 4.78 is 0.932. The largest absolute Gasteiger partial charge is 0.481 e. The molecule has 0 bridgehead atoms. The number of halogens is 3. The highest BCUT2D eigenvalue weighted by molar-refractivity contribution is 14.1. The minimum absolute atomic E-state index is 0.0667. The molecule has 0 aliphatic heterocycles.